The van der Waals surface area contributed by atoms with Crippen molar-refractivity contribution < 1.29 is 4.79 Å². The molecule has 2 aromatic rings. The molecule has 1 saturated heterocycles. The van der Waals surface area contributed by atoms with Gasteiger partial charge >= 0.3 is 0 Å². The summed E-state index contributed by atoms with van der Waals surface area (Å²) in [5.41, 5.74) is 1.36. The molecule has 0 unspecified atom stereocenters. The lowest BCUT2D eigenvalue weighted by molar-refractivity contribution is 0.0847. The number of carbonyl (C=O) groups excluding carboxylic acids is 1. The fraction of sp³-hybridized carbons (Fsp3) is 0.353. The van der Waals surface area contributed by atoms with E-state index in [1.165, 1.54) is 16.9 Å². The Bertz CT molecular complexity index is 560. The second-order valence-electron chi connectivity index (χ2n) is 5.44. The largest absolute Gasteiger partial charge is 0.297 e. The van der Waals surface area contributed by atoms with E-state index in [0.29, 0.717) is 6.54 Å². The number of carbonyl (C=O) groups is 1. The molecule has 1 fully saturated rings. The van der Waals surface area contributed by atoms with E-state index < -0.39 is 0 Å². The van der Waals surface area contributed by atoms with Crippen LogP contribution in [0.3, 0.4) is 0 Å². The van der Waals surface area contributed by atoms with Crippen molar-refractivity contribution in [2.45, 2.75) is 6.54 Å². The van der Waals surface area contributed by atoms with Crippen LogP contribution in [0.25, 0.3) is 0 Å². The van der Waals surface area contributed by atoms with Crippen molar-refractivity contribution in [1.82, 2.24) is 9.80 Å². The molecule has 0 atom stereocenters. The fourth-order valence-electron chi connectivity index (χ4n) is 2.67. The minimum absolute atomic E-state index is 0.251. The summed E-state index contributed by atoms with van der Waals surface area (Å²) in [7, 11) is 0. The van der Waals surface area contributed by atoms with Gasteiger partial charge in [-0.2, -0.15) is 0 Å². The zero-order chi connectivity index (χ0) is 14.5. The average Bonchev–Trinajstić information content (AvgIpc) is 3.05. The van der Waals surface area contributed by atoms with Crippen molar-refractivity contribution in [2.75, 3.05) is 32.7 Å². The van der Waals surface area contributed by atoms with Gasteiger partial charge in [0.05, 0.1) is 11.4 Å². The van der Waals surface area contributed by atoms with Crippen LogP contribution in [0.2, 0.25) is 0 Å². The highest BCUT2D eigenvalue weighted by Crippen LogP contribution is 2.12. The Labute approximate surface area is 129 Å². The highest BCUT2D eigenvalue weighted by molar-refractivity contribution is 7.12. The van der Waals surface area contributed by atoms with Crippen LogP contribution in [0.1, 0.15) is 15.2 Å². The molecule has 3 rings (SSSR count). The van der Waals surface area contributed by atoms with Crippen molar-refractivity contribution in [1.29, 1.82) is 0 Å². The minimum atomic E-state index is 0.251. The summed E-state index contributed by atoms with van der Waals surface area (Å²) < 4.78 is 0. The number of rotatable bonds is 5. The van der Waals surface area contributed by atoms with Gasteiger partial charge in [0.15, 0.2) is 5.78 Å². The third-order valence-electron chi connectivity index (χ3n) is 3.88. The fourth-order valence-corrected chi connectivity index (χ4v) is 3.32. The SMILES string of the molecule is O=C(CN1CCN(Cc2ccccc2)CC1)c1cccs1. The van der Waals surface area contributed by atoms with Crippen molar-refractivity contribution in [3.8, 4) is 0 Å². The molecule has 2 heterocycles. The smallest absolute Gasteiger partial charge is 0.186 e. The van der Waals surface area contributed by atoms with Gasteiger partial charge < -0.3 is 0 Å². The molecular weight excluding hydrogens is 280 g/mol. The predicted molar refractivity (Wildman–Crippen MR) is 86.8 cm³/mol. The zero-order valence-electron chi connectivity index (χ0n) is 12.1. The van der Waals surface area contributed by atoms with E-state index in [1.807, 2.05) is 17.5 Å². The molecule has 1 aromatic carbocycles. The van der Waals surface area contributed by atoms with Gasteiger partial charge in [-0.25, -0.2) is 0 Å². The van der Waals surface area contributed by atoms with Crippen LogP contribution in [0, 0.1) is 0 Å². The van der Waals surface area contributed by atoms with Gasteiger partial charge in [0, 0.05) is 32.7 Å². The second kappa shape index (κ2) is 6.98. The van der Waals surface area contributed by atoms with E-state index in [9.17, 15) is 4.79 Å². The van der Waals surface area contributed by atoms with E-state index in [2.05, 4.69) is 40.1 Å². The molecule has 0 bridgehead atoms. The van der Waals surface area contributed by atoms with Crippen molar-refractivity contribution >= 4 is 17.1 Å². The molecule has 0 radical (unpaired) electrons. The van der Waals surface area contributed by atoms with Crippen LogP contribution in [0.5, 0.6) is 0 Å². The molecular formula is C17H20N2OS. The quantitative estimate of drug-likeness (QED) is 0.793. The van der Waals surface area contributed by atoms with Crippen molar-refractivity contribution in [2.24, 2.45) is 0 Å². The molecule has 3 nitrogen and oxygen atoms in total. The Hall–Kier alpha value is -1.49. The summed E-state index contributed by atoms with van der Waals surface area (Å²) in [6.45, 7) is 5.58. The lowest BCUT2D eigenvalue weighted by Crippen LogP contribution is -2.47. The Morgan fingerprint density at radius 3 is 2.33 bits per heavy atom. The van der Waals surface area contributed by atoms with E-state index in [1.54, 1.807) is 0 Å². The lowest BCUT2D eigenvalue weighted by Gasteiger charge is -2.34. The first-order valence-electron chi connectivity index (χ1n) is 7.36. The van der Waals surface area contributed by atoms with Gasteiger partial charge in [0.2, 0.25) is 0 Å². The maximum atomic E-state index is 12.1. The van der Waals surface area contributed by atoms with Gasteiger partial charge in [-0.05, 0) is 17.0 Å². The maximum Gasteiger partial charge on any atom is 0.186 e. The number of thiophene rings is 1. The average molecular weight is 300 g/mol. The topological polar surface area (TPSA) is 23.6 Å². The summed E-state index contributed by atoms with van der Waals surface area (Å²) >= 11 is 1.54. The van der Waals surface area contributed by atoms with Gasteiger partial charge in [-0.1, -0.05) is 36.4 Å². The number of nitrogens with zero attached hydrogens (tertiary/aromatic N) is 2. The minimum Gasteiger partial charge on any atom is -0.297 e. The molecule has 1 aliphatic heterocycles. The monoisotopic (exact) mass is 300 g/mol. The first kappa shape index (κ1) is 14.4. The Balaban J connectivity index is 1.46. The maximum absolute atomic E-state index is 12.1. The molecule has 110 valence electrons. The van der Waals surface area contributed by atoms with E-state index in [0.717, 1.165) is 37.6 Å². The number of hydrogen-bond donors (Lipinski definition) is 0. The highest BCUT2D eigenvalue weighted by Gasteiger charge is 2.19. The molecule has 0 amide bonds. The summed E-state index contributed by atoms with van der Waals surface area (Å²) in [5.74, 6) is 0.251. The first-order valence-corrected chi connectivity index (χ1v) is 8.24. The van der Waals surface area contributed by atoms with E-state index in [4.69, 9.17) is 0 Å². The molecule has 21 heavy (non-hydrogen) atoms. The van der Waals surface area contributed by atoms with Gasteiger partial charge in [-0.15, -0.1) is 11.3 Å². The van der Waals surface area contributed by atoms with Crippen LogP contribution in [-0.4, -0.2) is 48.3 Å². The van der Waals surface area contributed by atoms with Crippen molar-refractivity contribution in [3.63, 3.8) is 0 Å². The Morgan fingerprint density at radius 2 is 1.67 bits per heavy atom. The van der Waals surface area contributed by atoms with Gasteiger partial charge in [0.25, 0.3) is 0 Å². The molecule has 0 saturated carbocycles. The lowest BCUT2D eigenvalue weighted by atomic mass is 10.2. The third-order valence-corrected chi connectivity index (χ3v) is 4.79. The van der Waals surface area contributed by atoms with E-state index >= 15 is 0 Å². The Morgan fingerprint density at radius 1 is 0.952 bits per heavy atom. The predicted octanol–water partition coefficient (Wildman–Crippen LogP) is 2.75. The van der Waals surface area contributed by atoms with Crippen LogP contribution in [0.4, 0.5) is 0 Å². The number of hydrogen-bond acceptors (Lipinski definition) is 4. The van der Waals surface area contributed by atoms with Crippen LogP contribution < -0.4 is 0 Å². The van der Waals surface area contributed by atoms with Crippen molar-refractivity contribution in [3.05, 3.63) is 58.3 Å². The standard InChI is InChI=1S/C17H20N2OS/c20-16(17-7-4-12-21-17)14-19-10-8-18(9-11-19)13-15-5-2-1-3-6-15/h1-7,12H,8-11,13-14H2. The molecule has 1 aromatic heterocycles. The number of benzene rings is 1. The zero-order valence-corrected chi connectivity index (χ0v) is 12.9. The molecule has 0 N–H and O–H groups in total. The van der Waals surface area contributed by atoms with Gasteiger partial charge in [-0.3, -0.25) is 14.6 Å². The third kappa shape index (κ3) is 4.00. The summed E-state index contributed by atoms with van der Waals surface area (Å²) in [6.07, 6.45) is 0. The summed E-state index contributed by atoms with van der Waals surface area (Å²) in [5, 5.41) is 1.96. The first-order chi connectivity index (χ1) is 10.3. The summed E-state index contributed by atoms with van der Waals surface area (Å²) in [4.78, 5) is 17.7. The second-order valence-corrected chi connectivity index (χ2v) is 6.39. The number of ketones is 1. The normalized spacial score (nSPS) is 17.0. The van der Waals surface area contributed by atoms with Crippen LogP contribution >= 0.6 is 11.3 Å². The Kier molecular flexibility index (Phi) is 4.80. The molecule has 1 aliphatic rings. The number of Topliss-reactive ketones (excluding diaryl/α,β-unsaturated/α-hetero) is 1. The molecule has 0 spiro atoms. The van der Waals surface area contributed by atoms with Gasteiger partial charge in [0.1, 0.15) is 0 Å². The summed E-state index contributed by atoms with van der Waals surface area (Å²) in [6, 6.07) is 14.4. The van der Waals surface area contributed by atoms with Crippen LogP contribution in [0.15, 0.2) is 47.8 Å². The highest BCUT2D eigenvalue weighted by atomic mass is 32.1. The van der Waals surface area contributed by atoms with Crippen LogP contribution in [-0.2, 0) is 6.54 Å². The number of piperazine rings is 1. The van der Waals surface area contributed by atoms with E-state index in [-0.39, 0.29) is 5.78 Å². The molecule has 4 heteroatoms. The molecule has 0 aliphatic carbocycles.